The number of carbonyl (C=O) groups is 3. The van der Waals surface area contributed by atoms with Gasteiger partial charge in [0.15, 0.2) is 0 Å². The summed E-state index contributed by atoms with van der Waals surface area (Å²) < 4.78 is 0. The molecule has 2 N–H and O–H groups in total. The Hall–Kier alpha value is -1.79. The predicted octanol–water partition coefficient (Wildman–Crippen LogP) is 3.92. The average Bonchev–Trinajstić information content (AvgIpc) is 2.76. The standard InChI is InChI=1S/C24H46N4O3/c1-6-9-11-12-13-14-21(29)26-22(19(4)8-3)23(30)27-16-17-28(20(5)18-27)24(31)25-15-10-7-2/h19-20,22H,6-18H2,1-5H3,(H,25,31)(H,26,29). The summed E-state index contributed by atoms with van der Waals surface area (Å²) >= 11 is 0. The number of nitrogens with one attached hydrogen (secondary N) is 2. The van der Waals surface area contributed by atoms with Crippen molar-refractivity contribution in [1.82, 2.24) is 20.4 Å². The van der Waals surface area contributed by atoms with Crippen molar-refractivity contribution >= 4 is 17.8 Å². The molecule has 7 heteroatoms. The molecule has 1 rings (SSSR count). The first-order chi connectivity index (χ1) is 14.8. The Bertz CT molecular complexity index is 555. The lowest BCUT2D eigenvalue weighted by Gasteiger charge is -2.41. The molecule has 1 aliphatic rings. The summed E-state index contributed by atoms with van der Waals surface area (Å²) in [7, 11) is 0. The Morgan fingerprint density at radius 1 is 0.968 bits per heavy atom. The molecule has 0 bridgehead atoms. The van der Waals surface area contributed by atoms with E-state index in [9.17, 15) is 14.4 Å². The Morgan fingerprint density at radius 3 is 2.26 bits per heavy atom. The van der Waals surface area contributed by atoms with Crippen molar-refractivity contribution in [3.63, 3.8) is 0 Å². The molecule has 0 radical (unpaired) electrons. The van der Waals surface area contributed by atoms with Crippen LogP contribution in [0.4, 0.5) is 4.79 Å². The van der Waals surface area contributed by atoms with Gasteiger partial charge in [0.2, 0.25) is 11.8 Å². The van der Waals surface area contributed by atoms with Crippen LogP contribution < -0.4 is 10.6 Å². The van der Waals surface area contributed by atoms with Crippen LogP contribution in [0.25, 0.3) is 0 Å². The van der Waals surface area contributed by atoms with Crippen molar-refractivity contribution in [3.8, 4) is 0 Å². The van der Waals surface area contributed by atoms with Gasteiger partial charge in [-0.3, -0.25) is 9.59 Å². The average molecular weight is 439 g/mol. The topological polar surface area (TPSA) is 81.8 Å². The van der Waals surface area contributed by atoms with Gasteiger partial charge < -0.3 is 20.4 Å². The van der Waals surface area contributed by atoms with Crippen molar-refractivity contribution in [1.29, 1.82) is 0 Å². The highest BCUT2D eigenvalue weighted by Crippen LogP contribution is 2.16. The monoisotopic (exact) mass is 438 g/mol. The van der Waals surface area contributed by atoms with Crippen LogP contribution in [0.5, 0.6) is 0 Å². The molecular weight excluding hydrogens is 392 g/mol. The van der Waals surface area contributed by atoms with E-state index in [0.717, 1.165) is 38.5 Å². The number of hydrogen-bond donors (Lipinski definition) is 2. The maximum atomic E-state index is 13.3. The molecule has 0 saturated carbocycles. The van der Waals surface area contributed by atoms with Crippen LogP contribution in [0.1, 0.15) is 92.4 Å². The first kappa shape index (κ1) is 27.2. The van der Waals surface area contributed by atoms with Crippen LogP contribution in [-0.2, 0) is 9.59 Å². The fourth-order valence-corrected chi connectivity index (χ4v) is 3.95. The lowest BCUT2D eigenvalue weighted by atomic mass is 9.96. The van der Waals surface area contributed by atoms with E-state index in [1.165, 1.54) is 12.8 Å². The van der Waals surface area contributed by atoms with Crippen molar-refractivity contribution in [2.45, 2.75) is 104 Å². The minimum absolute atomic E-state index is 0.0217. The molecular formula is C24H46N4O3. The number of nitrogens with zero attached hydrogens (tertiary/aromatic N) is 2. The molecule has 0 aromatic carbocycles. The van der Waals surface area contributed by atoms with Gasteiger partial charge in [-0.05, 0) is 25.7 Å². The van der Waals surface area contributed by atoms with Gasteiger partial charge in [-0.15, -0.1) is 0 Å². The van der Waals surface area contributed by atoms with E-state index >= 15 is 0 Å². The Morgan fingerprint density at radius 2 is 1.65 bits per heavy atom. The van der Waals surface area contributed by atoms with E-state index in [1.54, 1.807) is 0 Å². The molecule has 3 atom stereocenters. The fraction of sp³-hybridized carbons (Fsp3) is 0.875. The van der Waals surface area contributed by atoms with Crippen molar-refractivity contribution in [3.05, 3.63) is 0 Å². The largest absolute Gasteiger partial charge is 0.344 e. The van der Waals surface area contributed by atoms with E-state index < -0.39 is 6.04 Å². The third-order valence-electron chi connectivity index (χ3n) is 6.31. The smallest absolute Gasteiger partial charge is 0.317 e. The van der Waals surface area contributed by atoms with Crippen LogP contribution in [-0.4, -0.2) is 65.9 Å². The molecule has 3 unspecified atom stereocenters. The molecule has 31 heavy (non-hydrogen) atoms. The first-order valence-electron chi connectivity index (χ1n) is 12.5. The minimum atomic E-state index is -0.495. The molecule has 0 aromatic heterocycles. The summed E-state index contributed by atoms with van der Waals surface area (Å²) in [6, 6.07) is -0.598. The highest BCUT2D eigenvalue weighted by atomic mass is 16.2. The molecule has 1 heterocycles. The molecule has 7 nitrogen and oxygen atoms in total. The van der Waals surface area contributed by atoms with Gasteiger partial charge in [-0.2, -0.15) is 0 Å². The zero-order valence-electron chi connectivity index (χ0n) is 20.5. The van der Waals surface area contributed by atoms with Gasteiger partial charge in [0.05, 0.1) is 0 Å². The van der Waals surface area contributed by atoms with E-state index in [-0.39, 0.29) is 29.8 Å². The second kappa shape index (κ2) is 15.1. The summed E-state index contributed by atoms with van der Waals surface area (Å²) in [6.07, 6.45) is 8.78. The van der Waals surface area contributed by atoms with Gasteiger partial charge in [0, 0.05) is 38.6 Å². The molecule has 0 aliphatic carbocycles. The summed E-state index contributed by atoms with van der Waals surface area (Å²) in [5.74, 6) is 0.0194. The molecule has 1 fully saturated rings. The van der Waals surface area contributed by atoms with Crippen LogP contribution in [0, 0.1) is 5.92 Å². The zero-order chi connectivity index (χ0) is 23.2. The molecule has 4 amide bonds. The molecule has 0 spiro atoms. The number of piperazine rings is 1. The molecule has 0 aromatic rings. The summed E-state index contributed by atoms with van der Waals surface area (Å²) in [5, 5.41) is 5.98. The van der Waals surface area contributed by atoms with Gasteiger partial charge in [0.1, 0.15) is 6.04 Å². The van der Waals surface area contributed by atoms with Gasteiger partial charge in [-0.1, -0.05) is 66.2 Å². The summed E-state index contributed by atoms with van der Waals surface area (Å²) in [6.45, 7) is 12.5. The van der Waals surface area contributed by atoms with Gasteiger partial charge in [0.25, 0.3) is 0 Å². The second-order valence-electron chi connectivity index (χ2n) is 9.01. The number of rotatable bonds is 13. The molecule has 1 aliphatic heterocycles. The van der Waals surface area contributed by atoms with Crippen LogP contribution in [0.2, 0.25) is 0 Å². The van der Waals surface area contributed by atoms with E-state index in [2.05, 4.69) is 24.5 Å². The molecule has 180 valence electrons. The normalized spacial score (nSPS) is 18.4. The highest BCUT2D eigenvalue weighted by molar-refractivity contribution is 5.88. The number of unbranched alkanes of at least 4 members (excludes halogenated alkanes) is 5. The third-order valence-corrected chi connectivity index (χ3v) is 6.31. The lowest BCUT2D eigenvalue weighted by Crippen LogP contribution is -2.61. The van der Waals surface area contributed by atoms with Crippen molar-refractivity contribution in [2.75, 3.05) is 26.2 Å². The number of carbonyl (C=O) groups excluding carboxylic acids is 3. The fourth-order valence-electron chi connectivity index (χ4n) is 3.95. The quantitative estimate of drug-likeness (QED) is 0.428. The van der Waals surface area contributed by atoms with E-state index in [0.29, 0.717) is 32.6 Å². The summed E-state index contributed by atoms with van der Waals surface area (Å²) in [4.78, 5) is 41.8. The predicted molar refractivity (Wildman–Crippen MR) is 126 cm³/mol. The first-order valence-corrected chi connectivity index (χ1v) is 12.5. The second-order valence-corrected chi connectivity index (χ2v) is 9.01. The Labute approximate surface area is 189 Å². The summed E-state index contributed by atoms with van der Waals surface area (Å²) in [5.41, 5.74) is 0. The Balaban J connectivity index is 2.60. The van der Waals surface area contributed by atoms with Gasteiger partial charge in [-0.25, -0.2) is 4.79 Å². The van der Waals surface area contributed by atoms with Crippen molar-refractivity contribution in [2.24, 2.45) is 5.92 Å². The highest BCUT2D eigenvalue weighted by Gasteiger charge is 2.35. The molecule has 1 saturated heterocycles. The van der Waals surface area contributed by atoms with Crippen LogP contribution >= 0.6 is 0 Å². The lowest BCUT2D eigenvalue weighted by molar-refractivity contribution is -0.140. The maximum Gasteiger partial charge on any atom is 0.317 e. The number of amides is 4. The van der Waals surface area contributed by atoms with Crippen molar-refractivity contribution < 1.29 is 14.4 Å². The van der Waals surface area contributed by atoms with E-state index in [4.69, 9.17) is 0 Å². The minimum Gasteiger partial charge on any atom is -0.344 e. The number of hydrogen-bond acceptors (Lipinski definition) is 3. The van der Waals surface area contributed by atoms with Crippen LogP contribution in [0.15, 0.2) is 0 Å². The zero-order valence-corrected chi connectivity index (χ0v) is 20.5. The maximum absolute atomic E-state index is 13.3. The third kappa shape index (κ3) is 9.48. The Kier molecular flexibility index (Phi) is 13.3. The van der Waals surface area contributed by atoms with Gasteiger partial charge >= 0.3 is 6.03 Å². The van der Waals surface area contributed by atoms with Crippen LogP contribution in [0.3, 0.4) is 0 Å². The SMILES string of the molecule is CCCCCCCC(=O)NC(C(=O)N1CCN(C(=O)NCCCC)C(C)C1)C(C)CC. The van der Waals surface area contributed by atoms with E-state index in [1.807, 2.05) is 30.6 Å². The number of urea groups is 1.